The number of hydrogen-bond donors (Lipinski definition) is 1. The highest BCUT2D eigenvalue weighted by molar-refractivity contribution is 7.90. The molecule has 9 heteroatoms. The van der Waals surface area contributed by atoms with E-state index in [4.69, 9.17) is 11.6 Å². The Balaban J connectivity index is 2.01. The summed E-state index contributed by atoms with van der Waals surface area (Å²) in [6, 6.07) is 8.81. The van der Waals surface area contributed by atoms with Gasteiger partial charge in [0.2, 0.25) is 5.91 Å². The number of carbonyl (C=O) groups is 1. The molecule has 0 bridgehead atoms. The summed E-state index contributed by atoms with van der Waals surface area (Å²) in [6.45, 7) is 1.73. The van der Waals surface area contributed by atoms with Crippen LogP contribution in [-0.4, -0.2) is 14.3 Å². The molecule has 2 aromatic rings. The van der Waals surface area contributed by atoms with Crippen LogP contribution in [0, 0.1) is 0 Å². The Bertz CT molecular complexity index is 1040. The van der Waals surface area contributed by atoms with E-state index in [0.717, 1.165) is 17.7 Å². The number of alkyl halides is 3. The Hall–Kier alpha value is -2.06. The van der Waals surface area contributed by atoms with E-state index in [-0.39, 0.29) is 6.42 Å². The highest BCUT2D eigenvalue weighted by atomic mass is 35.5. The van der Waals surface area contributed by atoms with Gasteiger partial charge in [-0.1, -0.05) is 42.8 Å². The van der Waals surface area contributed by atoms with Gasteiger partial charge in [-0.05, 0) is 48.6 Å². The van der Waals surface area contributed by atoms with E-state index in [1.165, 1.54) is 6.07 Å². The average molecular weight is 432 g/mol. The van der Waals surface area contributed by atoms with Crippen LogP contribution in [0.15, 0.2) is 47.4 Å². The van der Waals surface area contributed by atoms with Gasteiger partial charge in [-0.15, -0.1) is 0 Å². The van der Waals surface area contributed by atoms with Crippen LogP contribution in [0.5, 0.6) is 0 Å². The Morgan fingerprint density at radius 1 is 1.18 bits per heavy atom. The summed E-state index contributed by atoms with van der Waals surface area (Å²) >= 11 is 6.18. The van der Waals surface area contributed by atoms with E-state index in [9.17, 15) is 26.4 Å². The van der Waals surface area contributed by atoms with Crippen molar-refractivity contribution in [1.82, 2.24) is 4.72 Å². The second-order valence-corrected chi connectivity index (χ2v) is 8.69. The van der Waals surface area contributed by atoms with Crippen LogP contribution in [0.25, 0.3) is 0 Å². The first-order valence-corrected chi connectivity index (χ1v) is 10.4. The second kappa shape index (κ2) is 7.08. The van der Waals surface area contributed by atoms with Crippen molar-refractivity contribution in [1.29, 1.82) is 0 Å². The number of amides is 1. The highest BCUT2D eigenvalue weighted by Gasteiger charge is 2.46. The van der Waals surface area contributed by atoms with Crippen molar-refractivity contribution in [3.8, 4) is 0 Å². The lowest BCUT2D eigenvalue weighted by Crippen LogP contribution is -2.45. The van der Waals surface area contributed by atoms with Crippen molar-refractivity contribution >= 4 is 27.5 Å². The van der Waals surface area contributed by atoms with Crippen LogP contribution >= 0.6 is 11.6 Å². The number of carbonyl (C=O) groups excluding carboxylic acids is 1. The van der Waals surface area contributed by atoms with Crippen LogP contribution < -0.4 is 4.72 Å². The van der Waals surface area contributed by atoms with Gasteiger partial charge in [0.1, 0.15) is 0 Å². The Kier molecular flexibility index (Phi) is 5.22. The van der Waals surface area contributed by atoms with Gasteiger partial charge >= 0.3 is 6.18 Å². The summed E-state index contributed by atoms with van der Waals surface area (Å²) in [6.07, 6.45) is -3.78. The van der Waals surface area contributed by atoms with Crippen LogP contribution in [0.3, 0.4) is 0 Å². The normalized spacial score (nSPS) is 19.3. The molecule has 150 valence electrons. The minimum Gasteiger partial charge on any atom is -0.273 e. The molecule has 1 atom stereocenters. The minimum atomic E-state index is -4.87. The summed E-state index contributed by atoms with van der Waals surface area (Å²) < 4.78 is 66.8. The lowest BCUT2D eigenvalue weighted by Gasteiger charge is -2.28. The van der Waals surface area contributed by atoms with Crippen molar-refractivity contribution in [3.63, 3.8) is 0 Å². The van der Waals surface area contributed by atoms with E-state index in [1.54, 1.807) is 25.1 Å². The first-order valence-electron chi connectivity index (χ1n) is 8.54. The largest absolute Gasteiger partial charge is 0.417 e. The van der Waals surface area contributed by atoms with Gasteiger partial charge in [0.15, 0.2) is 0 Å². The summed E-state index contributed by atoms with van der Waals surface area (Å²) in [4.78, 5) is 12.0. The van der Waals surface area contributed by atoms with Crippen LogP contribution in [0.1, 0.15) is 36.5 Å². The molecule has 2 aromatic carbocycles. The van der Waals surface area contributed by atoms with Crippen LogP contribution in [0.4, 0.5) is 13.2 Å². The summed E-state index contributed by atoms with van der Waals surface area (Å²) in [5.74, 6) is -0.854. The molecule has 0 spiro atoms. The molecule has 1 aliphatic rings. The number of halogens is 4. The Morgan fingerprint density at radius 2 is 1.86 bits per heavy atom. The zero-order chi connectivity index (χ0) is 20.7. The lowest BCUT2D eigenvalue weighted by molar-refractivity contribution is -0.140. The van der Waals surface area contributed by atoms with Crippen molar-refractivity contribution in [3.05, 3.63) is 64.2 Å². The predicted octanol–water partition coefficient (Wildman–Crippen LogP) is 4.46. The molecule has 0 saturated heterocycles. The first-order chi connectivity index (χ1) is 13.0. The maximum Gasteiger partial charge on any atom is 0.417 e. The lowest BCUT2D eigenvalue weighted by atomic mass is 9.79. The average Bonchev–Trinajstić information content (AvgIpc) is 3.02. The van der Waals surface area contributed by atoms with Crippen LogP contribution in [-0.2, 0) is 32.8 Å². The molecule has 1 aliphatic carbocycles. The van der Waals surface area contributed by atoms with E-state index in [1.807, 2.05) is 4.72 Å². The molecule has 0 saturated carbocycles. The third-order valence-corrected chi connectivity index (χ3v) is 6.93. The van der Waals surface area contributed by atoms with E-state index >= 15 is 0 Å². The molecular weight excluding hydrogens is 415 g/mol. The smallest absolute Gasteiger partial charge is 0.273 e. The van der Waals surface area contributed by atoms with Gasteiger partial charge < -0.3 is 0 Å². The predicted molar refractivity (Wildman–Crippen MR) is 98.5 cm³/mol. The molecule has 28 heavy (non-hydrogen) atoms. The highest BCUT2D eigenvalue weighted by Crippen LogP contribution is 2.44. The summed E-state index contributed by atoms with van der Waals surface area (Å²) in [7, 11) is -4.72. The monoisotopic (exact) mass is 431 g/mol. The first kappa shape index (κ1) is 20.7. The minimum absolute atomic E-state index is 0.280. The molecule has 0 aromatic heterocycles. The number of sulfonamides is 1. The Morgan fingerprint density at radius 3 is 2.50 bits per heavy atom. The Labute approximate surface area is 165 Å². The van der Waals surface area contributed by atoms with Gasteiger partial charge in [-0.2, -0.15) is 13.2 Å². The van der Waals surface area contributed by atoms with Crippen molar-refractivity contribution in [2.45, 2.75) is 42.7 Å². The van der Waals surface area contributed by atoms with Gasteiger partial charge in [-0.3, -0.25) is 4.79 Å². The summed E-state index contributed by atoms with van der Waals surface area (Å²) in [5, 5.41) is 0.478. The van der Waals surface area contributed by atoms with Crippen molar-refractivity contribution in [2.24, 2.45) is 0 Å². The molecule has 4 nitrogen and oxygen atoms in total. The van der Waals surface area contributed by atoms with Gasteiger partial charge in [0.25, 0.3) is 10.0 Å². The van der Waals surface area contributed by atoms with E-state index in [0.29, 0.717) is 29.5 Å². The number of hydrogen-bond acceptors (Lipinski definition) is 3. The second-order valence-electron chi connectivity index (χ2n) is 6.63. The quantitative estimate of drug-likeness (QED) is 0.777. The molecule has 0 aliphatic heterocycles. The SMILES string of the molecule is CCC1(C(=O)NS(=O)(=O)c2ccccc2C(F)(F)F)CCc2c(Cl)cccc21. The van der Waals surface area contributed by atoms with Crippen molar-refractivity contribution < 1.29 is 26.4 Å². The summed E-state index contributed by atoms with van der Waals surface area (Å²) in [5.41, 5.74) is -1.12. The third-order valence-electron chi connectivity index (χ3n) is 5.18. The van der Waals surface area contributed by atoms with Gasteiger partial charge in [-0.25, -0.2) is 13.1 Å². The molecule has 1 N–H and O–H groups in total. The number of nitrogens with one attached hydrogen (secondary N) is 1. The van der Waals surface area contributed by atoms with E-state index in [2.05, 4.69) is 0 Å². The molecule has 0 fully saturated rings. The van der Waals surface area contributed by atoms with Gasteiger partial charge in [0, 0.05) is 5.02 Å². The maximum absolute atomic E-state index is 13.2. The van der Waals surface area contributed by atoms with E-state index < -0.39 is 38.0 Å². The topological polar surface area (TPSA) is 63.2 Å². The molecular formula is C19H17ClF3NO3S. The third kappa shape index (κ3) is 3.39. The fourth-order valence-corrected chi connectivity index (χ4v) is 5.26. The number of fused-ring (bicyclic) bond motifs is 1. The fraction of sp³-hybridized carbons (Fsp3) is 0.316. The number of benzene rings is 2. The molecule has 0 radical (unpaired) electrons. The van der Waals surface area contributed by atoms with Crippen LogP contribution in [0.2, 0.25) is 5.02 Å². The van der Waals surface area contributed by atoms with Gasteiger partial charge in [0.05, 0.1) is 15.9 Å². The maximum atomic E-state index is 13.2. The molecule has 1 unspecified atom stereocenters. The molecule has 1 amide bonds. The zero-order valence-electron chi connectivity index (χ0n) is 14.8. The number of rotatable bonds is 4. The molecule has 3 rings (SSSR count). The standard InChI is InChI=1S/C19H17ClF3NO3S/c1-2-18(11-10-12-13(18)7-5-8-15(12)20)17(25)24-28(26,27)16-9-4-3-6-14(16)19(21,22)23/h3-9H,2,10-11H2,1H3,(H,24,25). The fourth-order valence-electron chi connectivity index (χ4n) is 3.71. The zero-order valence-corrected chi connectivity index (χ0v) is 16.4. The van der Waals surface area contributed by atoms with Crippen molar-refractivity contribution in [2.75, 3.05) is 0 Å². The molecule has 0 heterocycles.